The zero-order valence-electron chi connectivity index (χ0n) is 12.8. The molecule has 1 N–H and O–H groups in total. The summed E-state index contributed by atoms with van der Waals surface area (Å²) in [5, 5.41) is 15.6. The maximum atomic E-state index is 4.17. The highest BCUT2D eigenvalue weighted by molar-refractivity contribution is 7.98. The van der Waals surface area contributed by atoms with Crippen LogP contribution in [0.1, 0.15) is 29.6 Å². The molecule has 0 radical (unpaired) electrons. The van der Waals surface area contributed by atoms with E-state index in [4.69, 9.17) is 0 Å². The molecule has 0 amide bonds. The van der Waals surface area contributed by atoms with Crippen molar-refractivity contribution in [3.05, 3.63) is 65.7 Å². The fourth-order valence-corrected chi connectivity index (χ4v) is 3.45. The molecule has 0 aliphatic carbocycles. The van der Waals surface area contributed by atoms with Gasteiger partial charge in [0, 0.05) is 4.90 Å². The lowest BCUT2D eigenvalue weighted by Crippen LogP contribution is -2.28. The van der Waals surface area contributed by atoms with E-state index in [1.165, 1.54) is 16.0 Å². The van der Waals surface area contributed by atoms with Crippen molar-refractivity contribution < 1.29 is 0 Å². The average molecular weight is 323 g/mol. The second-order valence-corrected chi connectivity index (χ2v) is 6.46. The van der Waals surface area contributed by atoms with Gasteiger partial charge >= 0.3 is 0 Å². The van der Waals surface area contributed by atoms with Gasteiger partial charge in [0.1, 0.15) is 0 Å². The molecule has 3 aromatic rings. The van der Waals surface area contributed by atoms with Gasteiger partial charge in [0.25, 0.3) is 0 Å². The standard InChI is InChI=1S/C17H17N5S/c1-23-14-9-7-13(8-10-14)16-11-15(12-5-3-2-4-6-12)18-17-19-20-21-22(16)17/h2-10,15-16H,11H2,1H3,(H,18,19,21)/t15-,16+/m0/s1. The predicted molar refractivity (Wildman–Crippen MR) is 91.6 cm³/mol. The Labute approximate surface area is 139 Å². The van der Waals surface area contributed by atoms with Gasteiger partial charge in [0.2, 0.25) is 5.95 Å². The first-order chi connectivity index (χ1) is 11.3. The monoisotopic (exact) mass is 323 g/mol. The summed E-state index contributed by atoms with van der Waals surface area (Å²) in [6.45, 7) is 0. The van der Waals surface area contributed by atoms with Gasteiger partial charge < -0.3 is 5.32 Å². The lowest BCUT2D eigenvalue weighted by atomic mass is 9.93. The van der Waals surface area contributed by atoms with Crippen molar-refractivity contribution in [2.75, 3.05) is 11.6 Å². The highest BCUT2D eigenvalue weighted by Crippen LogP contribution is 2.37. The van der Waals surface area contributed by atoms with Crippen LogP contribution >= 0.6 is 11.8 Å². The Morgan fingerprint density at radius 2 is 1.83 bits per heavy atom. The molecule has 1 aliphatic heterocycles. The number of nitrogens with zero attached hydrogens (tertiary/aromatic N) is 4. The van der Waals surface area contributed by atoms with Crippen LogP contribution < -0.4 is 5.32 Å². The van der Waals surface area contributed by atoms with Gasteiger partial charge in [-0.15, -0.1) is 11.8 Å². The van der Waals surface area contributed by atoms with Crippen molar-refractivity contribution in [2.45, 2.75) is 23.4 Å². The summed E-state index contributed by atoms with van der Waals surface area (Å²) in [6, 6.07) is 19.5. The summed E-state index contributed by atoms with van der Waals surface area (Å²) in [6.07, 6.45) is 3.01. The summed E-state index contributed by atoms with van der Waals surface area (Å²) < 4.78 is 1.88. The van der Waals surface area contributed by atoms with Crippen LogP contribution in [0.15, 0.2) is 59.5 Å². The van der Waals surface area contributed by atoms with E-state index in [1.807, 2.05) is 10.7 Å². The number of aromatic nitrogens is 4. The fraction of sp³-hybridized carbons (Fsp3) is 0.235. The minimum Gasteiger partial charge on any atom is -0.346 e. The molecule has 2 atom stereocenters. The molecule has 116 valence electrons. The first kappa shape index (κ1) is 14.3. The van der Waals surface area contributed by atoms with Crippen molar-refractivity contribution >= 4 is 17.7 Å². The predicted octanol–water partition coefficient (Wildman–Crippen LogP) is 3.54. The van der Waals surface area contributed by atoms with E-state index < -0.39 is 0 Å². The highest BCUT2D eigenvalue weighted by Gasteiger charge is 2.30. The topological polar surface area (TPSA) is 55.6 Å². The molecule has 0 saturated heterocycles. The van der Waals surface area contributed by atoms with E-state index in [2.05, 4.69) is 75.6 Å². The van der Waals surface area contributed by atoms with Crippen LogP contribution in [0.3, 0.4) is 0 Å². The molecule has 4 rings (SSSR count). The van der Waals surface area contributed by atoms with E-state index in [0.717, 1.165) is 12.4 Å². The molecule has 6 heteroatoms. The lowest BCUT2D eigenvalue weighted by Gasteiger charge is -2.31. The fourth-order valence-electron chi connectivity index (χ4n) is 3.04. The minimum absolute atomic E-state index is 0.141. The number of benzene rings is 2. The van der Waals surface area contributed by atoms with Crippen molar-refractivity contribution in [1.82, 2.24) is 20.2 Å². The molecule has 0 bridgehead atoms. The van der Waals surface area contributed by atoms with E-state index in [0.29, 0.717) is 0 Å². The van der Waals surface area contributed by atoms with Gasteiger partial charge in [-0.3, -0.25) is 0 Å². The zero-order chi connectivity index (χ0) is 15.6. The molecule has 2 heterocycles. The molecule has 5 nitrogen and oxygen atoms in total. The second-order valence-electron chi connectivity index (χ2n) is 5.58. The molecule has 0 saturated carbocycles. The van der Waals surface area contributed by atoms with Gasteiger partial charge in [-0.25, -0.2) is 4.68 Å². The Kier molecular flexibility index (Phi) is 3.75. The summed E-state index contributed by atoms with van der Waals surface area (Å²) in [5.74, 6) is 0.726. The van der Waals surface area contributed by atoms with Crippen LogP contribution in [0.4, 0.5) is 5.95 Å². The number of anilines is 1. The molecule has 1 aliphatic rings. The van der Waals surface area contributed by atoms with Crippen molar-refractivity contribution in [1.29, 1.82) is 0 Å². The van der Waals surface area contributed by atoms with E-state index in [9.17, 15) is 0 Å². The maximum absolute atomic E-state index is 4.17. The SMILES string of the molecule is CSc1ccc([C@H]2C[C@@H](c3ccccc3)Nc3nnnn32)cc1. The molecular weight excluding hydrogens is 306 g/mol. The largest absolute Gasteiger partial charge is 0.346 e. The van der Waals surface area contributed by atoms with Crippen molar-refractivity contribution in [2.24, 2.45) is 0 Å². The normalized spacial score (nSPS) is 19.9. The Hall–Kier alpha value is -2.34. The number of hydrogen-bond donors (Lipinski definition) is 1. The molecule has 0 spiro atoms. The number of tetrazole rings is 1. The number of hydrogen-bond acceptors (Lipinski definition) is 5. The number of fused-ring (bicyclic) bond motifs is 1. The Bertz CT molecular complexity index is 784. The average Bonchev–Trinajstić information content (AvgIpc) is 3.10. The molecule has 1 aromatic heterocycles. The first-order valence-electron chi connectivity index (χ1n) is 7.58. The van der Waals surface area contributed by atoms with Gasteiger partial charge in [-0.05, 0) is 46.4 Å². The summed E-state index contributed by atoms with van der Waals surface area (Å²) >= 11 is 1.75. The maximum Gasteiger partial charge on any atom is 0.243 e. The van der Waals surface area contributed by atoms with E-state index >= 15 is 0 Å². The van der Waals surface area contributed by atoms with Crippen molar-refractivity contribution in [3.8, 4) is 0 Å². The van der Waals surface area contributed by atoms with Crippen LogP contribution in [0.5, 0.6) is 0 Å². The summed E-state index contributed by atoms with van der Waals surface area (Å²) in [5.41, 5.74) is 2.49. The molecule has 0 unspecified atom stereocenters. The van der Waals surface area contributed by atoms with Gasteiger partial charge in [0.05, 0.1) is 12.1 Å². The first-order valence-corrected chi connectivity index (χ1v) is 8.81. The third-order valence-electron chi connectivity index (χ3n) is 4.25. The zero-order valence-corrected chi connectivity index (χ0v) is 13.6. The quantitative estimate of drug-likeness (QED) is 0.747. The van der Waals surface area contributed by atoms with Gasteiger partial charge in [0.15, 0.2) is 0 Å². The Balaban J connectivity index is 1.70. The summed E-state index contributed by atoms with van der Waals surface area (Å²) in [4.78, 5) is 1.26. The van der Waals surface area contributed by atoms with Gasteiger partial charge in [-0.1, -0.05) is 47.6 Å². The Morgan fingerprint density at radius 3 is 2.57 bits per heavy atom. The second kappa shape index (κ2) is 6.04. The lowest BCUT2D eigenvalue weighted by molar-refractivity contribution is 0.423. The van der Waals surface area contributed by atoms with Crippen LogP contribution in [-0.2, 0) is 0 Å². The summed E-state index contributed by atoms with van der Waals surface area (Å²) in [7, 11) is 0. The third-order valence-corrected chi connectivity index (χ3v) is 5.00. The minimum atomic E-state index is 0.141. The number of nitrogens with one attached hydrogen (secondary N) is 1. The van der Waals surface area contributed by atoms with Crippen LogP contribution in [0.2, 0.25) is 0 Å². The highest BCUT2D eigenvalue weighted by atomic mass is 32.2. The number of thioether (sulfide) groups is 1. The molecule has 23 heavy (non-hydrogen) atoms. The van der Waals surface area contributed by atoms with Crippen molar-refractivity contribution in [3.63, 3.8) is 0 Å². The smallest absolute Gasteiger partial charge is 0.243 e. The van der Waals surface area contributed by atoms with Crippen LogP contribution in [-0.4, -0.2) is 26.5 Å². The Morgan fingerprint density at radius 1 is 1.04 bits per heavy atom. The van der Waals surface area contributed by atoms with Gasteiger partial charge in [-0.2, -0.15) is 0 Å². The molecule has 2 aromatic carbocycles. The van der Waals surface area contributed by atoms with Crippen LogP contribution in [0, 0.1) is 0 Å². The molecular formula is C17H17N5S. The van der Waals surface area contributed by atoms with E-state index in [-0.39, 0.29) is 12.1 Å². The van der Waals surface area contributed by atoms with Crippen LogP contribution in [0.25, 0.3) is 0 Å². The van der Waals surface area contributed by atoms with E-state index in [1.54, 1.807) is 11.8 Å². The third kappa shape index (κ3) is 2.70. The molecule has 0 fully saturated rings. The number of rotatable bonds is 3.